The number of hydrogen-bond donors (Lipinski definition) is 3. The molecule has 6 heteroatoms. The smallest absolute Gasteiger partial charge is 0.148 e. The van der Waals surface area contributed by atoms with E-state index in [1.54, 1.807) is 0 Å². The van der Waals surface area contributed by atoms with Gasteiger partial charge in [-0.2, -0.15) is 0 Å². The molecule has 1 aliphatic carbocycles. The summed E-state index contributed by atoms with van der Waals surface area (Å²) in [4.78, 5) is 11.7. The third kappa shape index (κ3) is 3.63. The van der Waals surface area contributed by atoms with Crippen LogP contribution in [0.3, 0.4) is 0 Å². The Morgan fingerprint density at radius 2 is 1.90 bits per heavy atom. The maximum absolute atomic E-state index is 5.57. The fourth-order valence-corrected chi connectivity index (χ4v) is 2.89. The summed E-state index contributed by atoms with van der Waals surface area (Å²) >= 11 is 0. The van der Waals surface area contributed by atoms with Gasteiger partial charge < -0.3 is 15.6 Å². The summed E-state index contributed by atoms with van der Waals surface area (Å²) < 4.78 is 0. The predicted molar refractivity (Wildman–Crippen MR) is 85.3 cm³/mol. The van der Waals surface area contributed by atoms with Gasteiger partial charge in [-0.15, -0.1) is 0 Å². The van der Waals surface area contributed by atoms with Crippen LogP contribution in [0.4, 0.5) is 11.6 Å². The van der Waals surface area contributed by atoms with Crippen LogP contribution in [-0.4, -0.2) is 41.0 Å². The van der Waals surface area contributed by atoms with E-state index in [9.17, 15) is 0 Å². The summed E-state index contributed by atoms with van der Waals surface area (Å²) in [5.41, 5.74) is 3.70. The molecule has 21 heavy (non-hydrogen) atoms. The Kier molecular flexibility index (Phi) is 4.55. The van der Waals surface area contributed by atoms with Crippen molar-refractivity contribution in [2.45, 2.75) is 44.9 Å². The van der Waals surface area contributed by atoms with Crippen LogP contribution in [0.15, 0.2) is 0 Å². The van der Waals surface area contributed by atoms with Crippen molar-refractivity contribution in [3.05, 3.63) is 11.4 Å². The van der Waals surface area contributed by atoms with Crippen molar-refractivity contribution in [3.8, 4) is 0 Å². The molecule has 0 amide bonds. The summed E-state index contributed by atoms with van der Waals surface area (Å²) in [7, 11) is 0. The lowest BCUT2D eigenvalue weighted by Crippen LogP contribution is -2.22. The Bertz CT molecular complexity index is 479. The molecule has 0 unspecified atom stereocenters. The Hall–Kier alpha value is -1.40. The molecule has 1 aromatic heterocycles. The Morgan fingerprint density at radius 1 is 1.19 bits per heavy atom. The van der Waals surface area contributed by atoms with Crippen molar-refractivity contribution < 1.29 is 0 Å². The van der Waals surface area contributed by atoms with E-state index in [-0.39, 0.29) is 0 Å². The average Bonchev–Trinajstić information content (AvgIpc) is 3.22. The van der Waals surface area contributed by atoms with Crippen LogP contribution >= 0.6 is 0 Å². The Morgan fingerprint density at radius 3 is 2.57 bits per heavy atom. The molecule has 0 bridgehead atoms. The first-order valence-corrected chi connectivity index (χ1v) is 8.09. The highest BCUT2D eigenvalue weighted by Gasteiger charge is 2.28. The monoisotopic (exact) mass is 290 g/mol. The molecule has 116 valence electrons. The molecule has 2 fully saturated rings. The molecule has 1 aliphatic heterocycles. The lowest BCUT2D eigenvalue weighted by molar-refractivity contribution is 0.337. The molecular weight excluding hydrogens is 264 g/mol. The number of nitrogens with one attached hydrogen (secondary N) is 2. The SMILES string of the molecule is Cc1c(NN)nc(C2CC2)nc1NCCCN1CCCC1. The normalized spacial score (nSPS) is 19.0. The lowest BCUT2D eigenvalue weighted by atomic mass is 10.2. The number of likely N-dealkylation sites (tertiary alicyclic amines) is 1. The Balaban J connectivity index is 1.56. The molecule has 0 radical (unpaired) electrons. The zero-order valence-electron chi connectivity index (χ0n) is 12.9. The number of hydrogen-bond acceptors (Lipinski definition) is 6. The third-order valence-corrected chi connectivity index (χ3v) is 4.38. The quantitative estimate of drug-likeness (QED) is 0.404. The van der Waals surface area contributed by atoms with E-state index >= 15 is 0 Å². The second kappa shape index (κ2) is 6.58. The van der Waals surface area contributed by atoms with Gasteiger partial charge in [-0.25, -0.2) is 15.8 Å². The first kappa shape index (κ1) is 14.5. The van der Waals surface area contributed by atoms with Gasteiger partial charge in [0.2, 0.25) is 0 Å². The molecule has 0 aromatic carbocycles. The second-order valence-corrected chi connectivity index (χ2v) is 6.15. The van der Waals surface area contributed by atoms with Gasteiger partial charge in [0.15, 0.2) is 0 Å². The first-order chi connectivity index (χ1) is 10.3. The van der Waals surface area contributed by atoms with E-state index < -0.39 is 0 Å². The second-order valence-electron chi connectivity index (χ2n) is 6.15. The van der Waals surface area contributed by atoms with Gasteiger partial charge in [-0.1, -0.05) is 0 Å². The van der Waals surface area contributed by atoms with E-state index in [1.807, 2.05) is 6.92 Å². The molecule has 1 aromatic rings. The standard InChI is InChI=1S/C15H26N6/c1-11-13(17-7-4-10-21-8-2-3-9-21)18-15(12-5-6-12)19-14(11)20-16/h12H,2-10,16H2,1H3,(H2,17,18,19,20). The maximum atomic E-state index is 5.57. The topological polar surface area (TPSA) is 79.1 Å². The van der Waals surface area contributed by atoms with Crippen LogP contribution in [0, 0.1) is 6.92 Å². The molecule has 2 heterocycles. The predicted octanol–water partition coefficient (Wildman–Crippen LogP) is 1.85. The summed E-state index contributed by atoms with van der Waals surface area (Å²) in [6.45, 7) is 6.66. The highest BCUT2D eigenvalue weighted by Crippen LogP contribution is 2.39. The number of rotatable bonds is 7. The minimum Gasteiger partial charge on any atom is -0.370 e. The molecular formula is C15H26N6. The van der Waals surface area contributed by atoms with Crippen LogP contribution in [0.1, 0.15) is 49.4 Å². The summed E-state index contributed by atoms with van der Waals surface area (Å²) in [6, 6.07) is 0. The number of hydrazine groups is 1. The zero-order valence-corrected chi connectivity index (χ0v) is 12.9. The fourth-order valence-electron chi connectivity index (χ4n) is 2.89. The summed E-state index contributed by atoms with van der Waals surface area (Å²) in [5.74, 6) is 8.70. The number of nitrogen functional groups attached to an aromatic ring is 1. The van der Waals surface area contributed by atoms with Gasteiger partial charge >= 0.3 is 0 Å². The van der Waals surface area contributed by atoms with Crippen LogP contribution < -0.4 is 16.6 Å². The van der Waals surface area contributed by atoms with Crippen molar-refractivity contribution >= 4 is 11.6 Å². The van der Waals surface area contributed by atoms with Gasteiger partial charge in [0, 0.05) is 18.0 Å². The van der Waals surface area contributed by atoms with Crippen LogP contribution in [-0.2, 0) is 0 Å². The molecule has 4 N–H and O–H groups in total. The number of nitrogens with zero attached hydrogens (tertiary/aromatic N) is 3. The van der Waals surface area contributed by atoms with Crippen LogP contribution in [0.5, 0.6) is 0 Å². The highest BCUT2D eigenvalue weighted by molar-refractivity contribution is 5.57. The molecule has 2 aliphatic rings. The van der Waals surface area contributed by atoms with E-state index in [2.05, 4.69) is 25.6 Å². The summed E-state index contributed by atoms with van der Waals surface area (Å²) in [5, 5.41) is 3.46. The molecule has 3 rings (SSSR count). The van der Waals surface area contributed by atoms with Crippen molar-refractivity contribution in [3.63, 3.8) is 0 Å². The van der Waals surface area contributed by atoms with Crippen LogP contribution in [0.2, 0.25) is 0 Å². The largest absolute Gasteiger partial charge is 0.370 e. The first-order valence-electron chi connectivity index (χ1n) is 8.09. The van der Waals surface area contributed by atoms with Crippen molar-refractivity contribution in [2.75, 3.05) is 36.9 Å². The van der Waals surface area contributed by atoms with Gasteiger partial charge in [0.1, 0.15) is 17.5 Å². The van der Waals surface area contributed by atoms with Crippen molar-refractivity contribution in [1.82, 2.24) is 14.9 Å². The lowest BCUT2D eigenvalue weighted by Gasteiger charge is -2.16. The minimum atomic E-state index is 0.530. The molecule has 1 saturated heterocycles. The Labute approximate surface area is 126 Å². The van der Waals surface area contributed by atoms with Crippen molar-refractivity contribution in [2.24, 2.45) is 5.84 Å². The maximum Gasteiger partial charge on any atom is 0.148 e. The average molecular weight is 290 g/mol. The van der Waals surface area contributed by atoms with Gasteiger partial charge in [0.25, 0.3) is 0 Å². The van der Waals surface area contributed by atoms with E-state index in [0.717, 1.165) is 36.0 Å². The van der Waals surface area contributed by atoms with Crippen LogP contribution in [0.25, 0.3) is 0 Å². The number of nitrogens with two attached hydrogens (primary N) is 1. The molecule has 6 nitrogen and oxygen atoms in total. The zero-order chi connectivity index (χ0) is 14.7. The number of anilines is 2. The minimum absolute atomic E-state index is 0.530. The third-order valence-electron chi connectivity index (χ3n) is 4.38. The van der Waals surface area contributed by atoms with E-state index in [1.165, 1.54) is 45.3 Å². The van der Waals surface area contributed by atoms with E-state index in [0.29, 0.717) is 5.92 Å². The molecule has 1 saturated carbocycles. The summed E-state index contributed by atoms with van der Waals surface area (Å²) in [6.07, 6.45) is 6.25. The van der Waals surface area contributed by atoms with Gasteiger partial charge in [-0.3, -0.25) is 0 Å². The molecule has 0 spiro atoms. The number of aromatic nitrogens is 2. The molecule has 0 atom stereocenters. The van der Waals surface area contributed by atoms with Crippen molar-refractivity contribution in [1.29, 1.82) is 0 Å². The highest BCUT2D eigenvalue weighted by atomic mass is 15.3. The fraction of sp³-hybridized carbons (Fsp3) is 0.733. The van der Waals surface area contributed by atoms with E-state index in [4.69, 9.17) is 5.84 Å². The van der Waals surface area contributed by atoms with Gasteiger partial charge in [-0.05, 0) is 58.7 Å². The van der Waals surface area contributed by atoms with Gasteiger partial charge in [0.05, 0.1) is 0 Å².